The monoisotopic (exact) mass is 265 g/mol. The molecule has 0 aliphatic carbocycles. The molecule has 0 N–H and O–H groups in total. The molecular formula is C16H15N3O. The fraction of sp³-hybridized carbons (Fsp3) is 0.125. The third-order valence-corrected chi connectivity index (χ3v) is 3.07. The maximum Gasteiger partial charge on any atom is 0.157 e. The lowest BCUT2D eigenvalue weighted by Crippen LogP contribution is -1.96. The molecule has 0 unspecified atom stereocenters. The van der Waals surface area contributed by atoms with Gasteiger partial charge in [-0.25, -0.2) is 9.67 Å². The topological polar surface area (TPSA) is 39.9 Å². The summed E-state index contributed by atoms with van der Waals surface area (Å²) < 4.78 is 7.50. The Morgan fingerprint density at radius 1 is 1.00 bits per heavy atom. The highest BCUT2D eigenvalue weighted by Gasteiger charge is 2.04. The van der Waals surface area contributed by atoms with Crippen molar-refractivity contribution < 1.29 is 4.74 Å². The summed E-state index contributed by atoms with van der Waals surface area (Å²) in [6.07, 6.45) is 1.55. The average Bonchev–Trinajstić information content (AvgIpc) is 2.93. The third kappa shape index (κ3) is 2.69. The number of hydrogen-bond donors (Lipinski definition) is 0. The van der Waals surface area contributed by atoms with Crippen LogP contribution in [0.4, 0.5) is 0 Å². The number of nitrogens with zero attached hydrogens (tertiary/aromatic N) is 3. The van der Waals surface area contributed by atoms with Crippen molar-refractivity contribution in [3.8, 4) is 17.1 Å². The molecule has 0 radical (unpaired) electrons. The number of aromatic nitrogens is 3. The van der Waals surface area contributed by atoms with E-state index in [1.54, 1.807) is 11.0 Å². The summed E-state index contributed by atoms with van der Waals surface area (Å²) >= 11 is 0. The van der Waals surface area contributed by atoms with Gasteiger partial charge in [0.05, 0.1) is 0 Å². The van der Waals surface area contributed by atoms with Crippen molar-refractivity contribution in [1.82, 2.24) is 14.8 Å². The summed E-state index contributed by atoms with van der Waals surface area (Å²) in [6.45, 7) is 0.574. The second-order valence-corrected chi connectivity index (χ2v) is 4.51. The summed E-state index contributed by atoms with van der Waals surface area (Å²) in [4.78, 5) is 4.22. The second kappa shape index (κ2) is 5.57. The summed E-state index contributed by atoms with van der Waals surface area (Å²) in [6, 6.07) is 18.0. The van der Waals surface area contributed by atoms with E-state index in [-0.39, 0.29) is 0 Å². The fourth-order valence-electron chi connectivity index (χ4n) is 2.00. The maximum atomic E-state index is 5.75. The molecule has 1 heterocycles. The van der Waals surface area contributed by atoms with Crippen LogP contribution in [0.25, 0.3) is 11.4 Å². The molecule has 0 saturated heterocycles. The Kier molecular flexibility index (Phi) is 3.46. The lowest BCUT2D eigenvalue weighted by atomic mass is 10.2. The first-order chi connectivity index (χ1) is 9.83. The molecule has 0 bridgehead atoms. The second-order valence-electron chi connectivity index (χ2n) is 4.51. The quantitative estimate of drug-likeness (QED) is 0.728. The minimum absolute atomic E-state index is 0.574. The molecule has 4 nitrogen and oxygen atoms in total. The third-order valence-electron chi connectivity index (χ3n) is 3.07. The van der Waals surface area contributed by atoms with Crippen molar-refractivity contribution in [1.29, 1.82) is 0 Å². The van der Waals surface area contributed by atoms with Crippen LogP contribution in [0.1, 0.15) is 5.56 Å². The van der Waals surface area contributed by atoms with Crippen LogP contribution in [0.3, 0.4) is 0 Å². The van der Waals surface area contributed by atoms with E-state index >= 15 is 0 Å². The van der Waals surface area contributed by atoms with Gasteiger partial charge in [-0.1, -0.05) is 30.3 Å². The van der Waals surface area contributed by atoms with Crippen molar-refractivity contribution in [2.75, 3.05) is 0 Å². The number of rotatable bonds is 4. The van der Waals surface area contributed by atoms with Gasteiger partial charge in [-0.2, -0.15) is 5.10 Å². The Morgan fingerprint density at radius 2 is 1.75 bits per heavy atom. The highest BCUT2D eigenvalue weighted by Crippen LogP contribution is 2.20. The van der Waals surface area contributed by atoms with Crippen molar-refractivity contribution >= 4 is 0 Å². The molecule has 0 fully saturated rings. The number of aryl methyl sites for hydroxylation is 1. The molecule has 0 amide bonds. The van der Waals surface area contributed by atoms with Gasteiger partial charge in [0.15, 0.2) is 5.82 Å². The van der Waals surface area contributed by atoms with Gasteiger partial charge in [-0.15, -0.1) is 0 Å². The summed E-state index contributed by atoms with van der Waals surface area (Å²) in [5.41, 5.74) is 2.18. The zero-order valence-electron chi connectivity index (χ0n) is 11.2. The molecule has 2 aromatic carbocycles. The molecule has 0 saturated carbocycles. The standard InChI is InChI=1S/C16H15N3O/c1-19-16(17-12-18-19)14-7-9-15(10-8-14)20-11-13-5-3-2-4-6-13/h2-10,12H,11H2,1H3. The summed E-state index contributed by atoms with van der Waals surface area (Å²) in [7, 11) is 1.88. The van der Waals surface area contributed by atoms with Gasteiger partial charge < -0.3 is 4.74 Å². The summed E-state index contributed by atoms with van der Waals surface area (Å²) in [5, 5.41) is 4.07. The van der Waals surface area contributed by atoms with E-state index < -0.39 is 0 Å². The highest BCUT2D eigenvalue weighted by atomic mass is 16.5. The largest absolute Gasteiger partial charge is 0.489 e. The predicted octanol–water partition coefficient (Wildman–Crippen LogP) is 3.06. The van der Waals surface area contributed by atoms with Gasteiger partial charge >= 0.3 is 0 Å². The van der Waals surface area contributed by atoms with Crippen LogP contribution in [0, 0.1) is 0 Å². The Balaban J connectivity index is 1.69. The van der Waals surface area contributed by atoms with Crippen LogP contribution in [0.5, 0.6) is 5.75 Å². The molecule has 4 heteroatoms. The highest BCUT2D eigenvalue weighted by molar-refractivity contribution is 5.56. The van der Waals surface area contributed by atoms with E-state index in [4.69, 9.17) is 4.74 Å². The fourth-order valence-corrected chi connectivity index (χ4v) is 2.00. The van der Waals surface area contributed by atoms with Crippen molar-refractivity contribution in [2.24, 2.45) is 7.05 Å². The molecule has 3 aromatic rings. The Morgan fingerprint density at radius 3 is 2.40 bits per heavy atom. The number of hydrogen-bond acceptors (Lipinski definition) is 3. The normalized spacial score (nSPS) is 10.4. The van der Waals surface area contributed by atoms with Crippen LogP contribution in [0.15, 0.2) is 60.9 Å². The van der Waals surface area contributed by atoms with Crippen molar-refractivity contribution in [3.63, 3.8) is 0 Å². The van der Waals surface area contributed by atoms with Crippen LogP contribution < -0.4 is 4.74 Å². The van der Waals surface area contributed by atoms with E-state index in [0.29, 0.717) is 6.61 Å². The van der Waals surface area contributed by atoms with Crippen LogP contribution in [0.2, 0.25) is 0 Å². The lowest BCUT2D eigenvalue weighted by molar-refractivity contribution is 0.306. The van der Waals surface area contributed by atoms with Gasteiger partial charge in [-0.3, -0.25) is 0 Å². The van der Waals surface area contributed by atoms with E-state index in [0.717, 1.165) is 22.7 Å². The van der Waals surface area contributed by atoms with Crippen molar-refractivity contribution in [3.05, 3.63) is 66.5 Å². The lowest BCUT2D eigenvalue weighted by Gasteiger charge is -2.07. The van der Waals surface area contributed by atoms with E-state index in [2.05, 4.69) is 10.1 Å². The summed E-state index contributed by atoms with van der Waals surface area (Å²) in [5.74, 6) is 1.69. The molecule has 0 aliphatic heterocycles. The van der Waals surface area contributed by atoms with E-state index in [9.17, 15) is 0 Å². The van der Waals surface area contributed by atoms with Crippen molar-refractivity contribution in [2.45, 2.75) is 6.61 Å². The van der Waals surface area contributed by atoms with E-state index in [1.807, 2.05) is 61.6 Å². The van der Waals surface area contributed by atoms with Crippen LogP contribution in [-0.4, -0.2) is 14.8 Å². The first kappa shape index (κ1) is 12.4. The predicted molar refractivity (Wildman–Crippen MR) is 77.2 cm³/mol. The molecule has 20 heavy (non-hydrogen) atoms. The Labute approximate surface area is 117 Å². The maximum absolute atomic E-state index is 5.75. The first-order valence-corrected chi connectivity index (χ1v) is 6.44. The van der Waals surface area contributed by atoms with Crippen LogP contribution in [-0.2, 0) is 13.7 Å². The molecule has 0 aliphatic rings. The molecular weight excluding hydrogens is 250 g/mol. The molecule has 0 atom stereocenters. The number of ether oxygens (including phenoxy) is 1. The van der Waals surface area contributed by atoms with Gasteiger partial charge in [0.2, 0.25) is 0 Å². The van der Waals surface area contributed by atoms with E-state index in [1.165, 1.54) is 0 Å². The molecule has 0 spiro atoms. The van der Waals surface area contributed by atoms with Gasteiger partial charge in [0.25, 0.3) is 0 Å². The minimum atomic E-state index is 0.574. The zero-order chi connectivity index (χ0) is 13.8. The van der Waals surface area contributed by atoms with Gasteiger partial charge in [0.1, 0.15) is 18.7 Å². The first-order valence-electron chi connectivity index (χ1n) is 6.44. The SMILES string of the molecule is Cn1ncnc1-c1ccc(OCc2ccccc2)cc1. The Hall–Kier alpha value is -2.62. The molecule has 3 rings (SSSR count). The zero-order valence-corrected chi connectivity index (χ0v) is 11.2. The average molecular weight is 265 g/mol. The smallest absolute Gasteiger partial charge is 0.157 e. The molecule has 1 aromatic heterocycles. The van der Waals surface area contributed by atoms with Gasteiger partial charge in [0, 0.05) is 12.6 Å². The molecule has 100 valence electrons. The van der Waals surface area contributed by atoms with Gasteiger partial charge in [-0.05, 0) is 29.8 Å². The minimum Gasteiger partial charge on any atom is -0.489 e. The Bertz CT molecular complexity index is 674. The number of benzene rings is 2. The van der Waals surface area contributed by atoms with Crippen LogP contribution >= 0.6 is 0 Å².